The van der Waals surface area contributed by atoms with Crippen molar-refractivity contribution in [2.45, 2.75) is 0 Å². The second kappa shape index (κ2) is 7.52. The van der Waals surface area contributed by atoms with Gasteiger partial charge in [0.1, 0.15) is 0 Å². The molecule has 0 saturated heterocycles. The van der Waals surface area contributed by atoms with Crippen molar-refractivity contribution in [3.63, 3.8) is 0 Å². The summed E-state index contributed by atoms with van der Waals surface area (Å²) in [5.41, 5.74) is 1.25. The summed E-state index contributed by atoms with van der Waals surface area (Å²) in [5, 5.41) is 3.56. The van der Waals surface area contributed by atoms with Crippen LogP contribution in [0.2, 0.25) is 5.02 Å². The second-order valence-electron chi connectivity index (χ2n) is 4.39. The van der Waals surface area contributed by atoms with Gasteiger partial charge in [0.25, 0.3) is 0 Å². The van der Waals surface area contributed by atoms with E-state index >= 15 is 0 Å². The smallest absolute Gasteiger partial charge is 0.187 e. The van der Waals surface area contributed by atoms with Gasteiger partial charge >= 0.3 is 0 Å². The standard InChI is InChI=1S/C17H16ClNO3/c1-21-16-8-7-12(11-17(16)22-2)15(20)9-10-19-14-6-4-3-5-13(14)18/h3-11,19H,1-2H3. The molecule has 4 nitrogen and oxygen atoms in total. The number of para-hydroxylation sites is 1. The Labute approximate surface area is 134 Å². The topological polar surface area (TPSA) is 47.6 Å². The molecule has 22 heavy (non-hydrogen) atoms. The highest BCUT2D eigenvalue weighted by atomic mass is 35.5. The van der Waals surface area contributed by atoms with Gasteiger partial charge in [0.15, 0.2) is 17.3 Å². The van der Waals surface area contributed by atoms with E-state index in [1.807, 2.05) is 18.2 Å². The highest BCUT2D eigenvalue weighted by molar-refractivity contribution is 6.33. The number of hydrogen-bond donors (Lipinski definition) is 1. The van der Waals surface area contributed by atoms with Crippen molar-refractivity contribution in [1.29, 1.82) is 0 Å². The highest BCUT2D eigenvalue weighted by Gasteiger charge is 2.08. The number of carbonyl (C=O) groups is 1. The lowest BCUT2D eigenvalue weighted by Gasteiger charge is -2.08. The summed E-state index contributed by atoms with van der Waals surface area (Å²) in [5.74, 6) is 0.943. The van der Waals surface area contributed by atoms with Crippen LogP contribution in [0.25, 0.3) is 0 Å². The van der Waals surface area contributed by atoms with Crippen molar-refractivity contribution in [2.24, 2.45) is 0 Å². The van der Waals surface area contributed by atoms with E-state index in [1.165, 1.54) is 13.2 Å². The summed E-state index contributed by atoms with van der Waals surface area (Å²) in [6.45, 7) is 0. The lowest BCUT2D eigenvalue weighted by Crippen LogP contribution is -1.98. The van der Waals surface area contributed by atoms with E-state index in [9.17, 15) is 4.79 Å². The predicted octanol–water partition coefficient (Wildman–Crippen LogP) is 4.17. The summed E-state index contributed by atoms with van der Waals surface area (Å²) in [4.78, 5) is 12.1. The third-order valence-electron chi connectivity index (χ3n) is 3.02. The molecule has 0 fully saturated rings. The number of allylic oxidation sites excluding steroid dienone is 1. The summed E-state index contributed by atoms with van der Waals surface area (Å²) >= 11 is 6.02. The minimum atomic E-state index is -0.152. The van der Waals surface area contributed by atoms with E-state index in [-0.39, 0.29) is 5.78 Å². The summed E-state index contributed by atoms with van der Waals surface area (Å²) in [6.07, 6.45) is 2.99. The zero-order chi connectivity index (χ0) is 15.9. The maximum absolute atomic E-state index is 12.1. The Hall–Kier alpha value is -2.46. The molecule has 2 aromatic carbocycles. The van der Waals surface area contributed by atoms with Crippen LogP contribution in [0, 0.1) is 0 Å². The highest BCUT2D eigenvalue weighted by Crippen LogP contribution is 2.27. The molecule has 5 heteroatoms. The van der Waals surface area contributed by atoms with Gasteiger partial charge in [0, 0.05) is 17.8 Å². The number of benzene rings is 2. The molecule has 2 aromatic rings. The number of ether oxygens (including phenoxy) is 2. The lowest BCUT2D eigenvalue weighted by molar-refractivity contribution is 0.104. The average molecular weight is 318 g/mol. The van der Waals surface area contributed by atoms with Crippen molar-refractivity contribution in [3.8, 4) is 11.5 Å². The first-order valence-corrected chi connectivity index (χ1v) is 6.97. The van der Waals surface area contributed by atoms with Crippen LogP contribution >= 0.6 is 11.6 Å². The zero-order valence-electron chi connectivity index (χ0n) is 12.3. The van der Waals surface area contributed by atoms with Crippen LogP contribution in [0.1, 0.15) is 10.4 Å². The Balaban J connectivity index is 2.09. The number of methoxy groups -OCH3 is 2. The second-order valence-corrected chi connectivity index (χ2v) is 4.80. The summed E-state index contributed by atoms with van der Waals surface area (Å²) in [7, 11) is 3.08. The molecule has 0 heterocycles. The van der Waals surface area contributed by atoms with E-state index < -0.39 is 0 Å². The van der Waals surface area contributed by atoms with Crippen molar-refractivity contribution in [3.05, 3.63) is 65.3 Å². The Bertz CT molecular complexity index is 698. The molecular formula is C17H16ClNO3. The Morgan fingerprint density at radius 1 is 1.09 bits per heavy atom. The molecule has 2 rings (SSSR count). The molecule has 114 valence electrons. The Morgan fingerprint density at radius 3 is 2.50 bits per heavy atom. The van der Waals surface area contributed by atoms with Crippen molar-refractivity contribution < 1.29 is 14.3 Å². The van der Waals surface area contributed by atoms with Crippen LogP contribution in [0.3, 0.4) is 0 Å². The normalized spacial score (nSPS) is 10.5. The fourth-order valence-corrected chi connectivity index (χ4v) is 2.06. The SMILES string of the molecule is COc1ccc(C(=O)C=CNc2ccccc2Cl)cc1OC. The minimum Gasteiger partial charge on any atom is -0.493 e. The molecule has 0 aliphatic heterocycles. The van der Waals surface area contributed by atoms with Crippen LogP contribution < -0.4 is 14.8 Å². The third kappa shape index (κ3) is 3.80. The van der Waals surface area contributed by atoms with E-state index in [2.05, 4.69) is 5.32 Å². The van der Waals surface area contributed by atoms with Crippen LogP contribution in [0.5, 0.6) is 11.5 Å². The molecule has 0 aliphatic rings. The molecule has 0 unspecified atom stereocenters. The monoisotopic (exact) mass is 317 g/mol. The Kier molecular flexibility index (Phi) is 5.44. The maximum Gasteiger partial charge on any atom is 0.187 e. The fourth-order valence-electron chi connectivity index (χ4n) is 1.87. The zero-order valence-corrected chi connectivity index (χ0v) is 13.1. The number of nitrogens with one attached hydrogen (secondary N) is 1. The van der Waals surface area contributed by atoms with Gasteiger partial charge in [0.2, 0.25) is 0 Å². The quantitative estimate of drug-likeness (QED) is 0.642. The largest absolute Gasteiger partial charge is 0.493 e. The van der Waals surface area contributed by atoms with Gasteiger partial charge in [-0.2, -0.15) is 0 Å². The first-order valence-electron chi connectivity index (χ1n) is 6.59. The van der Waals surface area contributed by atoms with Gasteiger partial charge in [-0.1, -0.05) is 23.7 Å². The molecule has 0 bridgehead atoms. The predicted molar refractivity (Wildman–Crippen MR) is 88.1 cm³/mol. The lowest BCUT2D eigenvalue weighted by atomic mass is 10.1. The van der Waals surface area contributed by atoms with Gasteiger partial charge in [-0.15, -0.1) is 0 Å². The average Bonchev–Trinajstić information content (AvgIpc) is 2.55. The summed E-state index contributed by atoms with van der Waals surface area (Å²) < 4.78 is 10.3. The van der Waals surface area contributed by atoms with Gasteiger partial charge < -0.3 is 14.8 Å². The van der Waals surface area contributed by atoms with E-state index in [4.69, 9.17) is 21.1 Å². The van der Waals surface area contributed by atoms with Crippen LogP contribution in [-0.4, -0.2) is 20.0 Å². The van der Waals surface area contributed by atoms with Crippen molar-refractivity contribution in [1.82, 2.24) is 0 Å². The number of rotatable bonds is 6. The number of carbonyl (C=O) groups excluding carboxylic acids is 1. The molecule has 0 amide bonds. The van der Waals surface area contributed by atoms with Gasteiger partial charge in [0.05, 0.1) is 24.9 Å². The van der Waals surface area contributed by atoms with Gasteiger partial charge in [-0.25, -0.2) is 0 Å². The fraction of sp³-hybridized carbons (Fsp3) is 0.118. The molecule has 0 aliphatic carbocycles. The molecule has 0 aromatic heterocycles. The van der Waals surface area contributed by atoms with E-state index in [0.29, 0.717) is 22.1 Å². The first-order chi connectivity index (χ1) is 10.7. The molecule has 0 spiro atoms. The van der Waals surface area contributed by atoms with Crippen molar-refractivity contribution >= 4 is 23.1 Å². The molecule has 0 radical (unpaired) electrons. The number of anilines is 1. The Morgan fingerprint density at radius 2 is 1.82 bits per heavy atom. The van der Waals surface area contributed by atoms with Crippen molar-refractivity contribution in [2.75, 3.05) is 19.5 Å². The number of ketones is 1. The number of hydrogen-bond acceptors (Lipinski definition) is 4. The first kappa shape index (κ1) is 15.9. The van der Waals surface area contributed by atoms with Gasteiger partial charge in [-0.3, -0.25) is 4.79 Å². The number of halogens is 1. The van der Waals surface area contributed by atoms with E-state index in [1.54, 1.807) is 37.6 Å². The maximum atomic E-state index is 12.1. The van der Waals surface area contributed by atoms with Crippen LogP contribution in [-0.2, 0) is 0 Å². The van der Waals surface area contributed by atoms with E-state index in [0.717, 1.165) is 5.69 Å². The molecule has 1 N–H and O–H groups in total. The van der Waals surface area contributed by atoms with Crippen LogP contribution in [0.4, 0.5) is 5.69 Å². The minimum absolute atomic E-state index is 0.152. The molecule has 0 saturated carbocycles. The molecule has 0 atom stereocenters. The third-order valence-corrected chi connectivity index (χ3v) is 3.35. The van der Waals surface area contributed by atoms with Crippen LogP contribution in [0.15, 0.2) is 54.7 Å². The van der Waals surface area contributed by atoms with Gasteiger partial charge in [-0.05, 0) is 30.3 Å². The molecular weight excluding hydrogens is 302 g/mol. The summed E-state index contributed by atoms with van der Waals surface area (Å²) in [6, 6.07) is 12.3.